The molecule has 2 heterocycles. The summed E-state index contributed by atoms with van der Waals surface area (Å²) in [7, 11) is 1.86. The summed E-state index contributed by atoms with van der Waals surface area (Å²) >= 11 is 6.23. The van der Waals surface area contributed by atoms with Gasteiger partial charge >= 0.3 is 0 Å². The number of aromatic nitrogens is 2. The molecule has 2 atom stereocenters. The Morgan fingerprint density at radius 3 is 2.89 bits per heavy atom. The van der Waals surface area contributed by atoms with E-state index in [1.807, 2.05) is 14.0 Å². The molecule has 1 fully saturated rings. The standard InChI is InChI=1S/C14H24ClN3O/c1-10-13(14(15)18(2)17-10)9-11(16)6-7-12-5-3-4-8-19-12/h11-12H,3-9,16H2,1-2H3. The van der Waals surface area contributed by atoms with E-state index < -0.39 is 0 Å². The molecule has 1 aliphatic rings. The summed E-state index contributed by atoms with van der Waals surface area (Å²) in [5.74, 6) is 0. The van der Waals surface area contributed by atoms with Gasteiger partial charge in [-0.1, -0.05) is 11.6 Å². The first-order chi connectivity index (χ1) is 9.08. The second-order valence-corrected chi connectivity index (χ2v) is 5.87. The largest absolute Gasteiger partial charge is 0.378 e. The predicted molar refractivity (Wildman–Crippen MR) is 77.5 cm³/mol. The number of nitrogens with zero attached hydrogens (tertiary/aromatic N) is 2. The van der Waals surface area contributed by atoms with Crippen molar-refractivity contribution in [3.05, 3.63) is 16.4 Å². The van der Waals surface area contributed by atoms with Crippen molar-refractivity contribution < 1.29 is 4.74 Å². The maximum atomic E-state index is 6.23. The highest BCUT2D eigenvalue weighted by molar-refractivity contribution is 6.30. The van der Waals surface area contributed by atoms with E-state index in [0.717, 1.165) is 37.1 Å². The summed E-state index contributed by atoms with van der Waals surface area (Å²) < 4.78 is 7.44. The van der Waals surface area contributed by atoms with Crippen LogP contribution in [0.4, 0.5) is 0 Å². The van der Waals surface area contributed by atoms with Gasteiger partial charge in [-0.2, -0.15) is 5.10 Å². The normalized spacial score (nSPS) is 21.6. The van der Waals surface area contributed by atoms with Gasteiger partial charge in [0.15, 0.2) is 0 Å². The van der Waals surface area contributed by atoms with Crippen molar-refractivity contribution >= 4 is 11.6 Å². The Hall–Kier alpha value is -0.580. The van der Waals surface area contributed by atoms with Crippen LogP contribution in [0.3, 0.4) is 0 Å². The number of hydrogen-bond donors (Lipinski definition) is 1. The number of aryl methyl sites for hydroxylation is 2. The Labute approximate surface area is 120 Å². The molecule has 108 valence electrons. The molecule has 1 aromatic rings. The van der Waals surface area contributed by atoms with Crippen molar-refractivity contribution in [2.45, 2.75) is 57.6 Å². The Morgan fingerprint density at radius 2 is 2.32 bits per heavy atom. The Bertz CT molecular complexity index is 413. The van der Waals surface area contributed by atoms with E-state index in [2.05, 4.69) is 5.10 Å². The molecule has 0 aliphatic carbocycles. The van der Waals surface area contributed by atoms with E-state index >= 15 is 0 Å². The zero-order chi connectivity index (χ0) is 13.8. The molecule has 0 aromatic carbocycles. The smallest absolute Gasteiger partial charge is 0.130 e. The minimum absolute atomic E-state index is 0.130. The van der Waals surface area contributed by atoms with Crippen molar-refractivity contribution in [2.24, 2.45) is 12.8 Å². The third-order valence-electron chi connectivity index (χ3n) is 3.87. The minimum atomic E-state index is 0.130. The second kappa shape index (κ2) is 6.73. The van der Waals surface area contributed by atoms with Gasteiger partial charge < -0.3 is 10.5 Å². The van der Waals surface area contributed by atoms with Gasteiger partial charge in [0.05, 0.1) is 11.8 Å². The highest BCUT2D eigenvalue weighted by Crippen LogP contribution is 2.22. The molecule has 0 amide bonds. The van der Waals surface area contributed by atoms with Crippen LogP contribution in [-0.4, -0.2) is 28.5 Å². The van der Waals surface area contributed by atoms with Gasteiger partial charge in [0.25, 0.3) is 0 Å². The monoisotopic (exact) mass is 285 g/mol. The first-order valence-corrected chi connectivity index (χ1v) is 7.51. The van der Waals surface area contributed by atoms with Gasteiger partial charge in [0, 0.05) is 25.3 Å². The molecule has 0 spiro atoms. The van der Waals surface area contributed by atoms with Crippen molar-refractivity contribution in [1.82, 2.24) is 9.78 Å². The minimum Gasteiger partial charge on any atom is -0.378 e. The number of ether oxygens (including phenoxy) is 1. The molecule has 2 rings (SSSR count). The summed E-state index contributed by atoms with van der Waals surface area (Å²) in [5, 5.41) is 5.03. The van der Waals surface area contributed by atoms with Crippen molar-refractivity contribution in [1.29, 1.82) is 0 Å². The molecular formula is C14H24ClN3O. The molecule has 1 aliphatic heterocycles. The highest BCUT2D eigenvalue weighted by atomic mass is 35.5. The molecule has 0 saturated carbocycles. The summed E-state index contributed by atoms with van der Waals surface area (Å²) in [6, 6.07) is 0.130. The Kier molecular flexibility index (Phi) is 5.25. The number of rotatable bonds is 5. The molecule has 5 heteroatoms. The van der Waals surface area contributed by atoms with Gasteiger partial charge in [-0.05, 0) is 45.4 Å². The van der Waals surface area contributed by atoms with E-state index in [1.54, 1.807) is 4.68 Å². The number of nitrogens with two attached hydrogens (primary N) is 1. The van der Waals surface area contributed by atoms with Gasteiger partial charge in [-0.25, -0.2) is 0 Å². The fourth-order valence-electron chi connectivity index (χ4n) is 2.71. The zero-order valence-corrected chi connectivity index (χ0v) is 12.6. The fourth-order valence-corrected chi connectivity index (χ4v) is 2.96. The first kappa shape index (κ1) is 14.8. The fraction of sp³-hybridized carbons (Fsp3) is 0.786. The summed E-state index contributed by atoms with van der Waals surface area (Å²) in [6.45, 7) is 2.89. The lowest BCUT2D eigenvalue weighted by Crippen LogP contribution is -2.27. The van der Waals surface area contributed by atoms with Crippen LogP contribution in [0.1, 0.15) is 43.4 Å². The molecule has 1 saturated heterocycles. The summed E-state index contributed by atoms with van der Waals surface area (Å²) in [5.41, 5.74) is 8.29. The number of hydrogen-bond acceptors (Lipinski definition) is 3. The molecule has 19 heavy (non-hydrogen) atoms. The van der Waals surface area contributed by atoms with Crippen LogP contribution in [0, 0.1) is 6.92 Å². The quantitative estimate of drug-likeness (QED) is 0.905. The van der Waals surface area contributed by atoms with Crippen LogP contribution in [0.25, 0.3) is 0 Å². The van der Waals surface area contributed by atoms with E-state index in [-0.39, 0.29) is 6.04 Å². The van der Waals surface area contributed by atoms with Crippen molar-refractivity contribution in [3.63, 3.8) is 0 Å². The topological polar surface area (TPSA) is 53.1 Å². The lowest BCUT2D eigenvalue weighted by atomic mass is 9.98. The molecular weight excluding hydrogens is 262 g/mol. The van der Waals surface area contributed by atoms with E-state index in [1.165, 1.54) is 19.3 Å². The van der Waals surface area contributed by atoms with Crippen LogP contribution < -0.4 is 5.73 Å². The Morgan fingerprint density at radius 1 is 1.53 bits per heavy atom. The van der Waals surface area contributed by atoms with E-state index in [0.29, 0.717) is 11.3 Å². The molecule has 2 N–H and O–H groups in total. The van der Waals surface area contributed by atoms with Gasteiger partial charge in [-0.3, -0.25) is 4.68 Å². The molecule has 0 radical (unpaired) electrons. The third kappa shape index (κ3) is 3.94. The highest BCUT2D eigenvalue weighted by Gasteiger charge is 2.18. The van der Waals surface area contributed by atoms with Crippen molar-refractivity contribution in [3.8, 4) is 0 Å². The molecule has 4 nitrogen and oxygen atoms in total. The van der Waals surface area contributed by atoms with Gasteiger partial charge in [0.2, 0.25) is 0 Å². The summed E-state index contributed by atoms with van der Waals surface area (Å²) in [4.78, 5) is 0. The lowest BCUT2D eigenvalue weighted by molar-refractivity contribution is 0.00915. The van der Waals surface area contributed by atoms with Crippen LogP contribution in [-0.2, 0) is 18.2 Å². The van der Waals surface area contributed by atoms with E-state index in [9.17, 15) is 0 Å². The third-order valence-corrected chi connectivity index (χ3v) is 4.34. The SMILES string of the molecule is Cc1nn(C)c(Cl)c1CC(N)CCC1CCCCO1. The average Bonchev–Trinajstić information content (AvgIpc) is 2.64. The first-order valence-electron chi connectivity index (χ1n) is 7.13. The van der Waals surface area contributed by atoms with Gasteiger partial charge in [-0.15, -0.1) is 0 Å². The van der Waals surface area contributed by atoms with Crippen molar-refractivity contribution in [2.75, 3.05) is 6.61 Å². The lowest BCUT2D eigenvalue weighted by Gasteiger charge is -2.23. The maximum absolute atomic E-state index is 6.23. The molecule has 2 unspecified atom stereocenters. The second-order valence-electron chi connectivity index (χ2n) is 5.51. The van der Waals surface area contributed by atoms with Crippen LogP contribution in [0.2, 0.25) is 5.15 Å². The molecule has 1 aromatic heterocycles. The predicted octanol–water partition coefficient (Wildman–Crippen LogP) is 2.60. The average molecular weight is 286 g/mol. The summed E-state index contributed by atoms with van der Waals surface area (Å²) in [6.07, 6.45) is 6.91. The Balaban J connectivity index is 1.81. The van der Waals surface area contributed by atoms with Gasteiger partial charge in [0.1, 0.15) is 5.15 Å². The molecule has 0 bridgehead atoms. The zero-order valence-electron chi connectivity index (χ0n) is 11.9. The van der Waals surface area contributed by atoms with Crippen LogP contribution in [0.15, 0.2) is 0 Å². The van der Waals surface area contributed by atoms with Crippen LogP contribution in [0.5, 0.6) is 0 Å². The number of halogens is 1. The van der Waals surface area contributed by atoms with Crippen LogP contribution >= 0.6 is 11.6 Å². The van der Waals surface area contributed by atoms with E-state index in [4.69, 9.17) is 22.1 Å². The maximum Gasteiger partial charge on any atom is 0.130 e.